The van der Waals surface area contributed by atoms with E-state index in [1.165, 1.54) is 11.3 Å². The summed E-state index contributed by atoms with van der Waals surface area (Å²) < 4.78 is 5.78. The zero-order chi connectivity index (χ0) is 13.8. The van der Waals surface area contributed by atoms with E-state index >= 15 is 0 Å². The number of nitrogens with zero attached hydrogens (tertiary/aromatic N) is 1. The van der Waals surface area contributed by atoms with E-state index in [0.717, 1.165) is 16.7 Å². The molecule has 20 heavy (non-hydrogen) atoms. The molecular formula is C16H11NOS2. The number of ether oxygens (including phenoxy) is 1. The van der Waals surface area contributed by atoms with Gasteiger partial charge in [-0.3, -0.25) is 0 Å². The SMILES string of the molecule is N#Cc1c(-c2ccccc2)csc1OCc1ccsc1. The minimum absolute atomic E-state index is 0.507. The first-order valence-electron chi connectivity index (χ1n) is 6.09. The van der Waals surface area contributed by atoms with Gasteiger partial charge in [-0.2, -0.15) is 16.6 Å². The highest BCUT2D eigenvalue weighted by Crippen LogP contribution is 2.37. The van der Waals surface area contributed by atoms with Crippen molar-refractivity contribution in [1.29, 1.82) is 5.26 Å². The molecular weight excluding hydrogens is 286 g/mol. The van der Waals surface area contributed by atoms with Crippen LogP contribution >= 0.6 is 22.7 Å². The summed E-state index contributed by atoms with van der Waals surface area (Å²) in [5.74, 6) is 0. The fourth-order valence-electron chi connectivity index (χ4n) is 1.91. The summed E-state index contributed by atoms with van der Waals surface area (Å²) in [6, 6.07) is 14.2. The Morgan fingerprint density at radius 2 is 1.95 bits per heavy atom. The van der Waals surface area contributed by atoms with E-state index in [-0.39, 0.29) is 0 Å². The molecule has 3 rings (SSSR count). The predicted octanol–water partition coefficient (Wildman–Crippen LogP) is 4.93. The van der Waals surface area contributed by atoms with Gasteiger partial charge in [-0.1, -0.05) is 30.3 Å². The predicted molar refractivity (Wildman–Crippen MR) is 83.1 cm³/mol. The number of nitriles is 1. The van der Waals surface area contributed by atoms with E-state index in [1.807, 2.05) is 47.2 Å². The van der Waals surface area contributed by atoms with Crippen molar-refractivity contribution in [2.45, 2.75) is 6.61 Å². The van der Waals surface area contributed by atoms with Crippen molar-refractivity contribution in [3.05, 3.63) is 63.7 Å². The highest BCUT2D eigenvalue weighted by molar-refractivity contribution is 7.12. The second-order valence-corrected chi connectivity index (χ2v) is 5.83. The van der Waals surface area contributed by atoms with Gasteiger partial charge in [0, 0.05) is 10.9 Å². The van der Waals surface area contributed by atoms with Gasteiger partial charge in [0.1, 0.15) is 18.2 Å². The van der Waals surface area contributed by atoms with Crippen molar-refractivity contribution >= 4 is 22.7 Å². The van der Waals surface area contributed by atoms with Crippen molar-refractivity contribution < 1.29 is 4.74 Å². The molecule has 0 saturated heterocycles. The third kappa shape index (κ3) is 2.60. The van der Waals surface area contributed by atoms with Gasteiger partial charge < -0.3 is 4.74 Å². The first-order valence-corrected chi connectivity index (χ1v) is 7.91. The fraction of sp³-hybridized carbons (Fsp3) is 0.0625. The molecule has 0 fully saturated rings. The summed E-state index contributed by atoms with van der Waals surface area (Å²) in [6.45, 7) is 0.507. The summed E-state index contributed by atoms with van der Waals surface area (Å²) in [5.41, 5.74) is 3.74. The zero-order valence-electron chi connectivity index (χ0n) is 10.6. The van der Waals surface area contributed by atoms with Gasteiger partial charge >= 0.3 is 0 Å². The van der Waals surface area contributed by atoms with Crippen LogP contribution in [-0.4, -0.2) is 0 Å². The summed E-state index contributed by atoms with van der Waals surface area (Å²) in [7, 11) is 0. The quantitative estimate of drug-likeness (QED) is 0.684. The molecule has 0 radical (unpaired) electrons. The van der Waals surface area contributed by atoms with E-state index in [1.54, 1.807) is 11.3 Å². The van der Waals surface area contributed by atoms with Crippen molar-refractivity contribution in [2.75, 3.05) is 0 Å². The Morgan fingerprint density at radius 1 is 1.10 bits per heavy atom. The zero-order valence-corrected chi connectivity index (χ0v) is 12.2. The van der Waals surface area contributed by atoms with Gasteiger partial charge in [0.15, 0.2) is 5.06 Å². The van der Waals surface area contributed by atoms with Crippen LogP contribution in [0.3, 0.4) is 0 Å². The molecule has 0 aliphatic heterocycles. The molecule has 1 aromatic carbocycles. The van der Waals surface area contributed by atoms with Crippen LogP contribution < -0.4 is 4.74 Å². The molecule has 0 atom stereocenters. The molecule has 2 nitrogen and oxygen atoms in total. The molecule has 0 unspecified atom stereocenters. The van der Waals surface area contributed by atoms with Crippen molar-refractivity contribution in [3.63, 3.8) is 0 Å². The highest BCUT2D eigenvalue weighted by atomic mass is 32.1. The van der Waals surface area contributed by atoms with E-state index in [0.29, 0.717) is 17.2 Å². The van der Waals surface area contributed by atoms with Crippen molar-refractivity contribution in [3.8, 4) is 22.3 Å². The van der Waals surface area contributed by atoms with Gasteiger partial charge in [0.05, 0.1) is 0 Å². The molecule has 4 heteroatoms. The van der Waals surface area contributed by atoms with Gasteiger partial charge in [-0.05, 0) is 28.0 Å². The first-order chi connectivity index (χ1) is 9.88. The molecule has 0 amide bonds. The number of hydrogen-bond acceptors (Lipinski definition) is 4. The minimum atomic E-state index is 0.507. The summed E-state index contributed by atoms with van der Waals surface area (Å²) in [6.07, 6.45) is 0. The molecule has 3 aromatic rings. The summed E-state index contributed by atoms with van der Waals surface area (Å²) in [4.78, 5) is 0. The molecule has 0 spiro atoms. The highest BCUT2D eigenvalue weighted by Gasteiger charge is 2.14. The third-order valence-electron chi connectivity index (χ3n) is 2.90. The first kappa shape index (κ1) is 12.9. The number of hydrogen-bond donors (Lipinski definition) is 0. The van der Waals surface area contributed by atoms with E-state index < -0.39 is 0 Å². The van der Waals surface area contributed by atoms with Crippen LogP contribution in [0.15, 0.2) is 52.5 Å². The lowest BCUT2D eigenvalue weighted by Gasteiger charge is -2.03. The Bertz CT molecular complexity index is 724. The molecule has 2 aromatic heterocycles. The van der Waals surface area contributed by atoms with Crippen LogP contribution in [0, 0.1) is 11.3 Å². The van der Waals surface area contributed by atoms with Gasteiger partial charge in [0.2, 0.25) is 0 Å². The third-order valence-corrected chi connectivity index (χ3v) is 4.53. The van der Waals surface area contributed by atoms with Gasteiger partial charge in [-0.25, -0.2) is 0 Å². The second-order valence-electron chi connectivity index (χ2n) is 4.21. The van der Waals surface area contributed by atoms with Crippen molar-refractivity contribution in [1.82, 2.24) is 0 Å². The Labute approximate surface area is 125 Å². The van der Waals surface area contributed by atoms with Crippen LogP contribution in [0.1, 0.15) is 11.1 Å². The smallest absolute Gasteiger partial charge is 0.192 e. The van der Waals surface area contributed by atoms with Gasteiger partial charge in [0.25, 0.3) is 0 Å². The minimum Gasteiger partial charge on any atom is -0.478 e. The van der Waals surface area contributed by atoms with Crippen LogP contribution in [0.5, 0.6) is 5.06 Å². The molecule has 0 aliphatic carbocycles. The Kier molecular flexibility index (Phi) is 3.82. The van der Waals surface area contributed by atoms with E-state index in [2.05, 4.69) is 11.4 Å². The van der Waals surface area contributed by atoms with Crippen LogP contribution in [0.4, 0.5) is 0 Å². The molecule has 0 bridgehead atoms. The van der Waals surface area contributed by atoms with Crippen LogP contribution in [-0.2, 0) is 6.61 Å². The number of benzene rings is 1. The standard InChI is InChI=1S/C16H11NOS2/c17-8-14-15(13-4-2-1-3-5-13)11-20-16(14)18-9-12-6-7-19-10-12/h1-7,10-11H,9H2. The summed E-state index contributed by atoms with van der Waals surface area (Å²) >= 11 is 3.12. The lowest BCUT2D eigenvalue weighted by molar-refractivity contribution is 0.315. The maximum Gasteiger partial charge on any atom is 0.192 e. The fourth-order valence-corrected chi connectivity index (χ4v) is 3.44. The molecule has 98 valence electrons. The summed E-state index contributed by atoms with van der Waals surface area (Å²) in [5, 5.41) is 16.1. The maximum atomic E-state index is 9.39. The van der Waals surface area contributed by atoms with Crippen LogP contribution in [0.2, 0.25) is 0 Å². The maximum absolute atomic E-state index is 9.39. The van der Waals surface area contributed by atoms with Crippen LogP contribution in [0.25, 0.3) is 11.1 Å². The Morgan fingerprint density at radius 3 is 2.65 bits per heavy atom. The molecule has 0 aliphatic rings. The molecule has 2 heterocycles. The lowest BCUT2D eigenvalue weighted by Crippen LogP contribution is -1.93. The average molecular weight is 297 g/mol. The lowest BCUT2D eigenvalue weighted by atomic mass is 10.1. The van der Waals surface area contributed by atoms with E-state index in [4.69, 9.17) is 4.74 Å². The normalized spacial score (nSPS) is 10.2. The molecule has 0 saturated carbocycles. The number of thiophene rings is 2. The monoisotopic (exact) mass is 297 g/mol. The average Bonchev–Trinajstić information content (AvgIpc) is 3.15. The van der Waals surface area contributed by atoms with Crippen molar-refractivity contribution in [2.24, 2.45) is 0 Å². The Balaban J connectivity index is 1.86. The second kappa shape index (κ2) is 5.91. The van der Waals surface area contributed by atoms with Gasteiger partial charge in [-0.15, -0.1) is 11.3 Å². The number of rotatable bonds is 4. The Hall–Kier alpha value is -2.09. The molecule has 0 N–H and O–H groups in total. The van der Waals surface area contributed by atoms with E-state index in [9.17, 15) is 5.26 Å². The largest absolute Gasteiger partial charge is 0.478 e. The topological polar surface area (TPSA) is 33.0 Å².